The van der Waals surface area contributed by atoms with E-state index in [0.29, 0.717) is 12.8 Å². The van der Waals surface area contributed by atoms with Crippen molar-refractivity contribution < 1.29 is 28.6 Å². The maximum absolute atomic E-state index is 12.9. The van der Waals surface area contributed by atoms with Crippen molar-refractivity contribution in [3.63, 3.8) is 0 Å². The van der Waals surface area contributed by atoms with Crippen LogP contribution in [-0.2, 0) is 28.6 Å². The van der Waals surface area contributed by atoms with Gasteiger partial charge in [0.1, 0.15) is 13.2 Å². The Kier molecular flexibility index (Phi) is 63.3. The molecule has 0 saturated heterocycles. The lowest BCUT2D eigenvalue weighted by molar-refractivity contribution is -0.166. The van der Waals surface area contributed by atoms with Crippen LogP contribution in [0, 0.1) is 0 Å². The topological polar surface area (TPSA) is 78.9 Å². The maximum Gasteiger partial charge on any atom is 0.309 e. The van der Waals surface area contributed by atoms with Gasteiger partial charge < -0.3 is 14.2 Å². The van der Waals surface area contributed by atoms with Gasteiger partial charge in [-0.2, -0.15) is 0 Å². The normalized spacial score (nSPS) is 12.8. The Bertz CT molecular complexity index is 1590. The molecule has 0 amide bonds. The quantitative estimate of drug-likeness (QED) is 0.0261. The first-order valence-corrected chi connectivity index (χ1v) is 33.4. The number of rotatable bonds is 60. The Morgan fingerprint density at radius 3 is 0.899 bits per heavy atom. The van der Waals surface area contributed by atoms with Crippen molar-refractivity contribution in [1.82, 2.24) is 0 Å². The molecule has 79 heavy (non-hydrogen) atoms. The van der Waals surface area contributed by atoms with Crippen LogP contribution in [-0.4, -0.2) is 37.2 Å². The molecule has 0 N–H and O–H groups in total. The highest BCUT2D eigenvalue weighted by molar-refractivity contribution is 5.72. The van der Waals surface area contributed by atoms with Gasteiger partial charge in [-0.3, -0.25) is 14.4 Å². The molecule has 0 bridgehead atoms. The minimum absolute atomic E-state index is 0.112. The van der Waals surface area contributed by atoms with Crippen LogP contribution in [0.5, 0.6) is 0 Å². The predicted molar refractivity (Wildman–Crippen MR) is 343 cm³/mol. The van der Waals surface area contributed by atoms with Gasteiger partial charge in [0.25, 0.3) is 0 Å². The van der Waals surface area contributed by atoms with Crippen molar-refractivity contribution >= 4 is 17.9 Å². The van der Waals surface area contributed by atoms with Crippen LogP contribution in [0.25, 0.3) is 0 Å². The summed E-state index contributed by atoms with van der Waals surface area (Å²) in [6, 6.07) is 0. The fourth-order valence-electron chi connectivity index (χ4n) is 9.28. The van der Waals surface area contributed by atoms with Crippen molar-refractivity contribution in [2.24, 2.45) is 0 Å². The van der Waals surface area contributed by atoms with Crippen LogP contribution >= 0.6 is 0 Å². The number of ether oxygens (including phenoxy) is 3. The van der Waals surface area contributed by atoms with Gasteiger partial charge in [-0.15, -0.1) is 0 Å². The van der Waals surface area contributed by atoms with Crippen LogP contribution in [0.1, 0.15) is 316 Å². The summed E-state index contributed by atoms with van der Waals surface area (Å²) in [5.74, 6) is -1.04. The van der Waals surface area contributed by atoms with Gasteiger partial charge in [-0.1, -0.05) is 297 Å². The lowest BCUT2D eigenvalue weighted by Crippen LogP contribution is -2.30. The molecule has 0 heterocycles. The Labute approximate surface area is 489 Å². The average Bonchev–Trinajstić information content (AvgIpc) is 3.45. The number of carbonyl (C=O) groups is 3. The third-order valence-corrected chi connectivity index (χ3v) is 14.3. The zero-order chi connectivity index (χ0) is 57.1. The largest absolute Gasteiger partial charge is 0.462 e. The van der Waals surface area contributed by atoms with Crippen LogP contribution in [0.3, 0.4) is 0 Å². The van der Waals surface area contributed by atoms with E-state index in [0.717, 1.165) is 89.9 Å². The molecular formula is C73H124O6. The number of carbonyl (C=O) groups excluding carboxylic acids is 3. The monoisotopic (exact) mass is 1100 g/mol. The molecule has 1 unspecified atom stereocenters. The molecule has 0 aliphatic carbocycles. The third-order valence-electron chi connectivity index (χ3n) is 14.3. The highest BCUT2D eigenvalue weighted by Gasteiger charge is 2.19. The molecule has 0 saturated carbocycles. The van der Waals surface area contributed by atoms with Crippen LogP contribution in [0.2, 0.25) is 0 Å². The first-order chi connectivity index (χ1) is 39.0. The molecule has 0 aliphatic rings. The maximum atomic E-state index is 12.9. The first-order valence-electron chi connectivity index (χ1n) is 33.4. The lowest BCUT2D eigenvalue weighted by atomic mass is 10.0. The standard InChI is InChI=1S/C73H124O6/c1-4-7-10-13-16-19-22-25-28-30-32-34-36-38-40-42-45-48-51-54-57-60-63-66-72(75)78-69-70(68-77-71(74)65-62-59-56-53-50-47-44-27-24-21-18-15-12-9-6-3)79-73(76)67-64-61-58-55-52-49-46-43-41-39-37-35-33-31-29-26-23-20-17-14-11-8-5-2/h9,12,18,21-22,25,27,30-33,36,38,44,50,53,59,62,70H,4-8,10-11,13-17,19-20,23-24,26,28-29,34-35,37,39-43,45-49,51-52,54-58,60-61,63-69H2,1-3H3/b12-9-,21-18-,25-22-,32-30-,33-31-,38-36-,44-27-,53-50-,62-59-. The SMILES string of the molecule is CC/C=C\C/C=C\C/C=C\C/C=C\C/C=C\CC(=O)OCC(COC(=O)CCCCCCCCCC/C=C\C/C=C\C/C=C\CCCCCCC)OC(=O)CCCCCCCCCCCCC/C=C\CCCCCCCCCC. The number of unbranched alkanes of at least 4 members (excludes halogenated alkanes) is 32. The van der Waals surface area contributed by atoms with Crippen LogP contribution in [0.4, 0.5) is 0 Å². The van der Waals surface area contributed by atoms with Crippen molar-refractivity contribution in [1.29, 1.82) is 0 Å². The van der Waals surface area contributed by atoms with E-state index in [9.17, 15) is 14.4 Å². The molecule has 452 valence electrons. The Hall–Kier alpha value is -3.93. The highest BCUT2D eigenvalue weighted by Crippen LogP contribution is 2.16. The van der Waals surface area contributed by atoms with E-state index >= 15 is 0 Å². The number of allylic oxidation sites excluding steroid dienone is 17. The summed E-state index contributed by atoms with van der Waals surface area (Å²) in [6.45, 7) is 6.45. The molecule has 6 nitrogen and oxygen atoms in total. The van der Waals surface area contributed by atoms with E-state index in [2.05, 4.69) is 118 Å². The number of esters is 3. The average molecular weight is 1100 g/mol. The second kappa shape index (κ2) is 66.6. The van der Waals surface area contributed by atoms with E-state index in [1.165, 1.54) is 186 Å². The summed E-state index contributed by atoms with van der Waals surface area (Å²) in [4.78, 5) is 38.3. The highest BCUT2D eigenvalue weighted by atomic mass is 16.6. The van der Waals surface area contributed by atoms with Crippen LogP contribution < -0.4 is 0 Å². The molecule has 0 aromatic carbocycles. The summed E-state index contributed by atoms with van der Waals surface area (Å²) >= 11 is 0. The molecule has 1 atom stereocenters. The smallest absolute Gasteiger partial charge is 0.309 e. The molecule has 0 rings (SSSR count). The molecule has 0 fully saturated rings. The van der Waals surface area contributed by atoms with E-state index in [1.54, 1.807) is 6.08 Å². The Morgan fingerprint density at radius 2 is 0.544 bits per heavy atom. The van der Waals surface area contributed by atoms with Crippen molar-refractivity contribution in [3.8, 4) is 0 Å². The van der Waals surface area contributed by atoms with Crippen molar-refractivity contribution in [2.45, 2.75) is 322 Å². The first kappa shape index (κ1) is 75.1. The van der Waals surface area contributed by atoms with E-state index < -0.39 is 12.1 Å². The molecule has 0 spiro atoms. The minimum atomic E-state index is -0.825. The second-order valence-corrected chi connectivity index (χ2v) is 22.0. The molecule has 0 radical (unpaired) electrons. The van der Waals surface area contributed by atoms with Crippen molar-refractivity contribution in [2.75, 3.05) is 13.2 Å². The van der Waals surface area contributed by atoms with Gasteiger partial charge in [0.05, 0.1) is 6.42 Å². The summed E-state index contributed by atoms with van der Waals surface area (Å²) in [5, 5.41) is 0. The molecule has 0 aromatic rings. The number of hydrogen-bond acceptors (Lipinski definition) is 6. The molecule has 0 aliphatic heterocycles. The van der Waals surface area contributed by atoms with Crippen molar-refractivity contribution in [3.05, 3.63) is 109 Å². The molecule has 6 heteroatoms. The third kappa shape index (κ3) is 64.8. The fourth-order valence-corrected chi connectivity index (χ4v) is 9.28. The summed E-state index contributed by atoms with van der Waals surface area (Å²) < 4.78 is 16.8. The zero-order valence-electron chi connectivity index (χ0n) is 51.9. The van der Waals surface area contributed by atoms with Gasteiger partial charge in [0.15, 0.2) is 6.10 Å². The van der Waals surface area contributed by atoms with Gasteiger partial charge in [0.2, 0.25) is 0 Å². The van der Waals surface area contributed by atoms with Gasteiger partial charge >= 0.3 is 17.9 Å². The molecule has 0 aromatic heterocycles. The van der Waals surface area contributed by atoms with Gasteiger partial charge in [-0.05, 0) is 109 Å². The van der Waals surface area contributed by atoms with Crippen LogP contribution in [0.15, 0.2) is 109 Å². The van der Waals surface area contributed by atoms with E-state index in [4.69, 9.17) is 14.2 Å². The predicted octanol–water partition coefficient (Wildman–Crippen LogP) is 23.0. The Balaban J connectivity index is 4.42. The summed E-state index contributed by atoms with van der Waals surface area (Å²) in [6.07, 6.45) is 91.3. The molecular weight excluding hydrogens is 973 g/mol. The summed E-state index contributed by atoms with van der Waals surface area (Å²) in [7, 11) is 0. The van der Waals surface area contributed by atoms with E-state index in [1.807, 2.05) is 6.08 Å². The lowest BCUT2D eigenvalue weighted by Gasteiger charge is -2.18. The number of hydrogen-bond donors (Lipinski definition) is 0. The van der Waals surface area contributed by atoms with Gasteiger partial charge in [0, 0.05) is 12.8 Å². The zero-order valence-corrected chi connectivity index (χ0v) is 51.9. The summed E-state index contributed by atoms with van der Waals surface area (Å²) in [5.41, 5.74) is 0. The fraction of sp³-hybridized carbons (Fsp3) is 0.712. The van der Waals surface area contributed by atoms with Gasteiger partial charge in [-0.25, -0.2) is 0 Å². The Morgan fingerprint density at radius 1 is 0.278 bits per heavy atom. The second-order valence-electron chi connectivity index (χ2n) is 22.0. The minimum Gasteiger partial charge on any atom is -0.462 e. The van der Waals surface area contributed by atoms with E-state index in [-0.39, 0.29) is 31.6 Å².